The van der Waals surface area contributed by atoms with Gasteiger partial charge >= 0.3 is 0 Å². The van der Waals surface area contributed by atoms with Crippen LogP contribution in [0.15, 0.2) is 48.5 Å². The number of hydrogen-bond donors (Lipinski definition) is 1. The molecule has 2 saturated heterocycles. The molecule has 2 aliphatic rings. The van der Waals surface area contributed by atoms with E-state index in [2.05, 4.69) is 22.2 Å². The highest BCUT2D eigenvalue weighted by Gasteiger charge is 2.30. The van der Waals surface area contributed by atoms with Crippen LogP contribution >= 0.6 is 11.6 Å². The number of anilines is 2. The average molecular weight is 427 g/mol. The molecule has 0 aliphatic carbocycles. The average Bonchev–Trinajstić information content (AvgIpc) is 3.18. The molecular weight excluding hydrogens is 400 g/mol. The topological polar surface area (TPSA) is 55.9 Å². The number of hydrogen-bond acceptors (Lipinski definition) is 4. The second-order valence-electron chi connectivity index (χ2n) is 7.95. The fourth-order valence-electron chi connectivity index (χ4n) is 4.14. The van der Waals surface area contributed by atoms with Crippen LogP contribution in [0.25, 0.3) is 0 Å². The maximum absolute atomic E-state index is 13.4. The molecule has 6 nitrogen and oxygen atoms in total. The highest BCUT2D eigenvalue weighted by Crippen LogP contribution is 2.31. The number of halogens is 1. The number of rotatable bonds is 5. The van der Waals surface area contributed by atoms with Crippen molar-refractivity contribution in [3.05, 3.63) is 59.1 Å². The van der Waals surface area contributed by atoms with Gasteiger partial charge in [-0.25, -0.2) is 0 Å². The molecule has 0 bridgehead atoms. The Morgan fingerprint density at radius 2 is 1.77 bits per heavy atom. The summed E-state index contributed by atoms with van der Waals surface area (Å²) in [5.41, 5.74) is 2.27. The third kappa shape index (κ3) is 4.51. The van der Waals surface area contributed by atoms with Crippen LogP contribution in [0.3, 0.4) is 0 Å². The Morgan fingerprint density at radius 3 is 2.43 bits per heavy atom. The van der Waals surface area contributed by atoms with Gasteiger partial charge in [0.25, 0.3) is 0 Å². The first-order valence-electron chi connectivity index (χ1n) is 10.4. The summed E-state index contributed by atoms with van der Waals surface area (Å²) in [4.78, 5) is 31.8. The van der Waals surface area contributed by atoms with E-state index in [-0.39, 0.29) is 11.8 Å². The summed E-state index contributed by atoms with van der Waals surface area (Å²) in [5, 5.41) is 3.49. The summed E-state index contributed by atoms with van der Waals surface area (Å²) in [6.45, 7) is 4.18. The molecule has 1 unspecified atom stereocenters. The Bertz CT molecular complexity index is 913. The second-order valence-corrected chi connectivity index (χ2v) is 8.36. The first-order valence-corrected chi connectivity index (χ1v) is 10.8. The molecule has 158 valence electrons. The van der Waals surface area contributed by atoms with E-state index >= 15 is 0 Å². The van der Waals surface area contributed by atoms with Gasteiger partial charge in [-0.3, -0.25) is 14.5 Å². The Balaban J connectivity index is 1.59. The van der Waals surface area contributed by atoms with E-state index in [1.807, 2.05) is 36.4 Å². The summed E-state index contributed by atoms with van der Waals surface area (Å²) < 4.78 is 0. The number of benzene rings is 2. The van der Waals surface area contributed by atoms with Crippen molar-refractivity contribution in [2.45, 2.75) is 18.9 Å². The normalized spacial score (nSPS) is 19.1. The quantitative estimate of drug-likeness (QED) is 0.796. The lowest BCUT2D eigenvalue weighted by Crippen LogP contribution is -2.48. The van der Waals surface area contributed by atoms with Crippen LogP contribution < -0.4 is 10.2 Å². The molecular formula is C23H27ClN4O2. The van der Waals surface area contributed by atoms with Gasteiger partial charge in [0, 0.05) is 44.8 Å². The van der Waals surface area contributed by atoms with E-state index in [4.69, 9.17) is 11.6 Å². The summed E-state index contributed by atoms with van der Waals surface area (Å²) in [6, 6.07) is 14.8. The lowest BCUT2D eigenvalue weighted by Gasteiger charge is -2.37. The number of nitrogens with zero attached hydrogens (tertiary/aromatic N) is 3. The van der Waals surface area contributed by atoms with Crippen LogP contribution in [-0.2, 0) is 9.59 Å². The van der Waals surface area contributed by atoms with E-state index in [0.29, 0.717) is 23.7 Å². The SMILES string of the molecule is CN1CCN(C(C(=O)Nc2cc(N3CCCC3=O)ccc2Cl)c2ccccc2)CC1. The Hall–Kier alpha value is -2.41. The highest BCUT2D eigenvalue weighted by molar-refractivity contribution is 6.34. The van der Waals surface area contributed by atoms with Crippen molar-refractivity contribution in [3.8, 4) is 0 Å². The predicted molar refractivity (Wildman–Crippen MR) is 120 cm³/mol. The number of likely N-dealkylation sites (N-methyl/N-ethyl adjacent to an activating group) is 1. The summed E-state index contributed by atoms with van der Waals surface area (Å²) >= 11 is 6.40. The zero-order valence-corrected chi connectivity index (χ0v) is 17.9. The van der Waals surface area contributed by atoms with Gasteiger partial charge in [0.05, 0.1) is 10.7 Å². The number of piperazine rings is 1. The van der Waals surface area contributed by atoms with Crippen LogP contribution in [0, 0.1) is 0 Å². The van der Waals surface area contributed by atoms with E-state index in [1.165, 1.54) is 0 Å². The molecule has 0 saturated carbocycles. The highest BCUT2D eigenvalue weighted by atomic mass is 35.5. The number of carbonyl (C=O) groups excluding carboxylic acids is 2. The minimum atomic E-state index is -0.395. The largest absolute Gasteiger partial charge is 0.323 e. The smallest absolute Gasteiger partial charge is 0.246 e. The van der Waals surface area contributed by atoms with Crippen molar-refractivity contribution < 1.29 is 9.59 Å². The van der Waals surface area contributed by atoms with E-state index in [0.717, 1.165) is 43.9 Å². The van der Waals surface area contributed by atoms with Crippen LogP contribution in [0.2, 0.25) is 5.02 Å². The first-order chi connectivity index (χ1) is 14.5. The second kappa shape index (κ2) is 9.16. The molecule has 2 aliphatic heterocycles. The zero-order valence-electron chi connectivity index (χ0n) is 17.2. The third-order valence-corrected chi connectivity index (χ3v) is 6.19. The van der Waals surface area contributed by atoms with Crippen LogP contribution in [0.5, 0.6) is 0 Å². The van der Waals surface area contributed by atoms with Crippen molar-refractivity contribution in [3.63, 3.8) is 0 Å². The van der Waals surface area contributed by atoms with Gasteiger partial charge in [-0.1, -0.05) is 41.9 Å². The van der Waals surface area contributed by atoms with Gasteiger partial charge in [0.2, 0.25) is 11.8 Å². The van der Waals surface area contributed by atoms with Crippen molar-refractivity contribution >= 4 is 34.8 Å². The molecule has 1 atom stereocenters. The molecule has 0 radical (unpaired) electrons. The molecule has 2 aromatic carbocycles. The van der Waals surface area contributed by atoms with Crippen LogP contribution in [-0.4, -0.2) is 61.4 Å². The standard InChI is InChI=1S/C23H27ClN4O2/c1-26-12-14-27(15-13-26)22(17-6-3-2-4-7-17)23(30)25-20-16-18(9-10-19(20)24)28-11-5-8-21(28)29/h2-4,6-7,9-10,16,22H,5,8,11-15H2,1H3,(H,25,30). The molecule has 4 rings (SSSR count). The molecule has 2 fully saturated rings. The van der Waals surface area contributed by atoms with Gasteiger partial charge in [0.1, 0.15) is 6.04 Å². The number of nitrogens with one attached hydrogen (secondary N) is 1. The summed E-state index contributed by atoms with van der Waals surface area (Å²) in [6.07, 6.45) is 1.41. The molecule has 0 aromatic heterocycles. The minimum absolute atomic E-state index is 0.106. The molecule has 0 spiro atoms. The van der Waals surface area contributed by atoms with E-state index in [1.54, 1.807) is 17.0 Å². The lowest BCUT2D eigenvalue weighted by molar-refractivity contribution is -0.122. The van der Waals surface area contributed by atoms with Gasteiger partial charge in [-0.15, -0.1) is 0 Å². The summed E-state index contributed by atoms with van der Waals surface area (Å²) in [5.74, 6) is -0.00764. The van der Waals surface area contributed by atoms with Crippen molar-refractivity contribution in [1.29, 1.82) is 0 Å². The zero-order chi connectivity index (χ0) is 21.1. The van der Waals surface area contributed by atoms with E-state index < -0.39 is 6.04 Å². The maximum Gasteiger partial charge on any atom is 0.246 e. The van der Waals surface area contributed by atoms with Gasteiger partial charge in [-0.05, 0) is 37.2 Å². The predicted octanol–water partition coefficient (Wildman–Crippen LogP) is 3.39. The van der Waals surface area contributed by atoms with E-state index in [9.17, 15) is 9.59 Å². The van der Waals surface area contributed by atoms with Gasteiger partial charge in [0.15, 0.2) is 0 Å². The van der Waals surface area contributed by atoms with Gasteiger partial charge < -0.3 is 15.1 Å². The maximum atomic E-state index is 13.4. The molecule has 7 heteroatoms. The van der Waals surface area contributed by atoms with Crippen molar-refractivity contribution in [1.82, 2.24) is 9.80 Å². The monoisotopic (exact) mass is 426 g/mol. The van der Waals surface area contributed by atoms with Crippen LogP contribution in [0.4, 0.5) is 11.4 Å². The lowest BCUT2D eigenvalue weighted by atomic mass is 10.0. The molecule has 2 aromatic rings. The Kier molecular flexibility index (Phi) is 6.37. The minimum Gasteiger partial charge on any atom is -0.323 e. The van der Waals surface area contributed by atoms with Crippen LogP contribution in [0.1, 0.15) is 24.4 Å². The molecule has 30 heavy (non-hydrogen) atoms. The molecule has 2 amide bonds. The fraction of sp³-hybridized carbons (Fsp3) is 0.391. The van der Waals surface area contributed by atoms with Crippen molar-refractivity contribution in [2.75, 3.05) is 50.0 Å². The molecule has 1 N–H and O–H groups in total. The number of carbonyl (C=O) groups is 2. The number of amides is 2. The van der Waals surface area contributed by atoms with Crippen molar-refractivity contribution in [2.24, 2.45) is 0 Å². The fourth-order valence-corrected chi connectivity index (χ4v) is 4.31. The third-order valence-electron chi connectivity index (χ3n) is 5.86. The Labute approximate surface area is 182 Å². The first kappa shape index (κ1) is 20.8. The van der Waals surface area contributed by atoms with Gasteiger partial charge in [-0.2, -0.15) is 0 Å². The molecule has 2 heterocycles. The Morgan fingerprint density at radius 1 is 1.03 bits per heavy atom. The summed E-state index contributed by atoms with van der Waals surface area (Å²) in [7, 11) is 2.10.